The van der Waals surface area contributed by atoms with Crippen LogP contribution in [-0.2, 0) is 15.7 Å². The number of ether oxygens (including phenoxy) is 1. The second-order valence-corrected chi connectivity index (χ2v) is 10.6. The van der Waals surface area contributed by atoms with Gasteiger partial charge < -0.3 is 4.74 Å². The van der Waals surface area contributed by atoms with Gasteiger partial charge in [-0.2, -0.15) is 11.8 Å². The quantitative estimate of drug-likeness (QED) is 0.533. The van der Waals surface area contributed by atoms with Crippen LogP contribution in [0.2, 0.25) is 0 Å². The molecule has 1 atom stereocenters. The van der Waals surface area contributed by atoms with Gasteiger partial charge in [-0.1, -0.05) is 35.9 Å². The number of nitrogens with zero attached hydrogens (tertiary/aromatic N) is 5. The molecule has 10 heteroatoms. The average molecular weight is 460 g/mol. The summed E-state index contributed by atoms with van der Waals surface area (Å²) in [6.45, 7) is 3.63. The van der Waals surface area contributed by atoms with Gasteiger partial charge in [-0.05, 0) is 35.5 Å². The van der Waals surface area contributed by atoms with Crippen LogP contribution in [0.3, 0.4) is 0 Å². The largest absolute Gasteiger partial charge is 0.496 e. The van der Waals surface area contributed by atoms with Crippen LogP contribution in [0.1, 0.15) is 23.0 Å². The minimum atomic E-state index is -3.62. The van der Waals surface area contributed by atoms with E-state index < -0.39 is 9.84 Å². The second-order valence-electron chi connectivity index (χ2n) is 7.39. The summed E-state index contributed by atoms with van der Waals surface area (Å²) in [4.78, 5) is 2.54. The molecule has 1 aliphatic heterocycles. The van der Waals surface area contributed by atoms with E-state index in [1.165, 1.54) is 4.68 Å². The summed E-state index contributed by atoms with van der Waals surface area (Å²) < 4.78 is 33.1. The Morgan fingerprint density at radius 2 is 1.81 bits per heavy atom. The zero-order valence-corrected chi connectivity index (χ0v) is 19.1. The lowest BCUT2D eigenvalue weighted by Gasteiger charge is -2.34. The van der Waals surface area contributed by atoms with Crippen molar-refractivity contribution in [3.8, 4) is 5.75 Å². The molecule has 8 nitrogen and oxygen atoms in total. The van der Waals surface area contributed by atoms with Crippen molar-refractivity contribution in [2.45, 2.75) is 23.7 Å². The number of aryl methyl sites for hydroxylation is 1. The second kappa shape index (κ2) is 9.37. The summed E-state index contributed by atoms with van der Waals surface area (Å²) in [5.41, 5.74) is 1.92. The van der Waals surface area contributed by atoms with Crippen molar-refractivity contribution < 1.29 is 13.2 Å². The lowest BCUT2D eigenvalue weighted by molar-refractivity contribution is 0.231. The van der Waals surface area contributed by atoms with E-state index in [4.69, 9.17) is 4.74 Å². The van der Waals surface area contributed by atoms with Crippen LogP contribution < -0.4 is 4.74 Å². The van der Waals surface area contributed by atoms with Crippen molar-refractivity contribution in [3.05, 3.63) is 65.5 Å². The number of thioether (sulfide) groups is 1. The molecule has 0 amide bonds. The molecule has 31 heavy (non-hydrogen) atoms. The highest BCUT2D eigenvalue weighted by Crippen LogP contribution is 2.35. The predicted octanol–water partition coefficient (Wildman–Crippen LogP) is 2.56. The number of rotatable bonds is 7. The van der Waals surface area contributed by atoms with Gasteiger partial charge in [0.1, 0.15) is 11.8 Å². The van der Waals surface area contributed by atoms with Gasteiger partial charge >= 0.3 is 0 Å². The molecule has 0 spiro atoms. The third kappa shape index (κ3) is 4.76. The zero-order chi connectivity index (χ0) is 21.8. The molecule has 3 aromatic rings. The Bertz CT molecular complexity index is 1130. The maximum atomic E-state index is 13.1. The molecular weight excluding hydrogens is 434 g/mol. The van der Waals surface area contributed by atoms with Gasteiger partial charge in [0, 0.05) is 30.2 Å². The number of benzene rings is 2. The number of hydrogen-bond acceptors (Lipinski definition) is 8. The Labute approximate surface area is 186 Å². The van der Waals surface area contributed by atoms with Crippen molar-refractivity contribution in [2.75, 3.05) is 31.7 Å². The topological polar surface area (TPSA) is 90.2 Å². The standard InChI is InChI=1S/C21H25N5O3S2/c1-16-7-9-17(10-8-16)31(27,28)15-26-21(22-23-24-26)20(25-11-13-30-14-12-25)18-5-3-4-6-19(18)29-2/h3-10,20H,11-15H2,1-2H3/t20-/m1/s1. The smallest absolute Gasteiger partial charge is 0.198 e. The fraction of sp³-hybridized carbons (Fsp3) is 0.381. The highest BCUT2D eigenvalue weighted by Gasteiger charge is 2.32. The van der Waals surface area contributed by atoms with E-state index in [0.717, 1.165) is 41.5 Å². The van der Waals surface area contributed by atoms with Gasteiger partial charge in [0.05, 0.1) is 12.0 Å². The molecule has 0 bridgehead atoms. The van der Waals surface area contributed by atoms with Crippen molar-refractivity contribution in [2.24, 2.45) is 0 Å². The third-order valence-electron chi connectivity index (χ3n) is 5.32. The summed E-state index contributed by atoms with van der Waals surface area (Å²) in [7, 11) is -1.99. The molecule has 0 unspecified atom stereocenters. The van der Waals surface area contributed by atoms with Crippen LogP contribution in [0.4, 0.5) is 0 Å². The minimum absolute atomic E-state index is 0.253. The average Bonchev–Trinajstić information content (AvgIpc) is 3.22. The Kier molecular flexibility index (Phi) is 6.59. The molecule has 2 heterocycles. The van der Waals surface area contributed by atoms with E-state index in [0.29, 0.717) is 5.82 Å². The Morgan fingerprint density at radius 3 is 2.52 bits per heavy atom. The first-order chi connectivity index (χ1) is 15.0. The number of sulfone groups is 1. The summed E-state index contributed by atoms with van der Waals surface area (Å²) in [5, 5.41) is 12.2. The molecule has 2 aromatic carbocycles. The third-order valence-corrected chi connectivity index (χ3v) is 7.84. The van der Waals surface area contributed by atoms with E-state index in [2.05, 4.69) is 20.4 Å². The summed E-state index contributed by atoms with van der Waals surface area (Å²) in [5.74, 6) is 2.88. The number of para-hydroxylation sites is 1. The molecular formula is C21H25N5O3S2. The molecule has 164 valence electrons. The van der Waals surface area contributed by atoms with E-state index in [1.807, 2.05) is 43.0 Å². The van der Waals surface area contributed by atoms with Crippen LogP contribution in [-0.4, -0.2) is 65.2 Å². The fourth-order valence-electron chi connectivity index (χ4n) is 3.71. The van der Waals surface area contributed by atoms with E-state index in [9.17, 15) is 8.42 Å². The predicted molar refractivity (Wildman–Crippen MR) is 120 cm³/mol. The molecule has 0 aliphatic carbocycles. The molecule has 1 aliphatic rings. The first-order valence-corrected chi connectivity index (χ1v) is 12.8. The van der Waals surface area contributed by atoms with Gasteiger partial charge in [0.25, 0.3) is 0 Å². The first-order valence-electron chi connectivity index (χ1n) is 10.00. The molecule has 4 rings (SSSR count). The van der Waals surface area contributed by atoms with Crippen LogP contribution in [0.25, 0.3) is 0 Å². The zero-order valence-electron chi connectivity index (χ0n) is 17.5. The van der Waals surface area contributed by atoms with Crippen LogP contribution >= 0.6 is 11.8 Å². The van der Waals surface area contributed by atoms with Gasteiger partial charge in [0.15, 0.2) is 21.5 Å². The lowest BCUT2D eigenvalue weighted by Crippen LogP contribution is -2.38. The Balaban J connectivity index is 1.74. The van der Waals surface area contributed by atoms with Gasteiger partial charge in [-0.25, -0.2) is 13.1 Å². The van der Waals surface area contributed by atoms with Crippen LogP contribution in [0.15, 0.2) is 53.4 Å². The summed E-state index contributed by atoms with van der Waals surface area (Å²) in [6.07, 6.45) is 0. The molecule has 1 saturated heterocycles. The summed E-state index contributed by atoms with van der Waals surface area (Å²) in [6, 6.07) is 14.3. The number of aromatic nitrogens is 4. The van der Waals surface area contributed by atoms with Gasteiger partial charge in [-0.3, -0.25) is 4.90 Å². The van der Waals surface area contributed by atoms with Crippen molar-refractivity contribution in [1.29, 1.82) is 0 Å². The van der Waals surface area contributed by atoms with Crippen LogP contribution in [0, 0.1) is 6.92 Å². The van der Waals surface area contributed by atoms with Crippen molar-refractivity contribution >= 4 is 21.6 Å². The highest BCUT2D eigenvalue weighted by atomic mass is 32.2. The lowest BCUT2D eigenvalue weighted by atomic mass is 10.0. The molecule has 0 saturated carbocycles. The van der Waals surface area contributed by atoms with Gasteiger partial charge in [-0.15, -0.1) is 5.10 Å². The van der Waals surface area contributed by atoms with E-state index in [-0.39, 0.29) is 16.8 Å². The monoisotopic (exact) mass is 459 g/mol. The Morgan fingerprint density at radius 1 is 1.10 bits per heavy atom. The van der Waals surface area contributed by atoms with Crippen LogP contribution in [0.5, 0.6) is 5.75 Å². The molecule has 1 aromatic heterocycles. The molecule has 1 fully saturated rings. The van der Waals surface area contributed by atoms with Crippen molar-refractivity contribution in [3.63, 3.8) is 0 Å². The van der Waals surface area contributed by atoms with E-state index >= 15 is 0 Å². The minimum Gasteiger partial charge on any atom is -0.496 e. The number of hydrogen-bond donors (Lipinski definition) is 0. The summed E-state index contributed by atoms with van der Waals surface area (Å²) >= 11 is 1.90. The first kappa shape index (κ1) is 21.8. The maximum Gasteiger partial charge on any atom is 0.198 e. The normalized spacial score (nSPS) is 16.2. The number of methoxy groups -OCH3 is 1. The van der Waals surface area contributed by atoms with Gasteiger partial charge in [0.2, 0.25) is 0 Å². The van der Waals surface area contributed by atoms with Crippen molar-refractivity contribution in [1.82, 2.24) is 25.1 Å². The maximum absolute atomic E-state index is 13.1. The highest BCUT2D eigenvalue weighted by molar-refractivity contribution is 7.99. The number of tetrazole rings is 1. The van der Waals surface area contributed by atoms with E-state index in [1.54, 1.807) is 31.4 Å². The molecule has 0 N–H and O–H groups in total. The molecule has 0 radical (unpaired) electrons. The Hall–Kier alpha value is -2.43. The SMILES string of the molecule is COc1ccccc1[C@H](c1nnnn1CS(=O)(=O)c1ccc(C)cc1)N1CCSCC1. The fourth-order valence-corrected chi connectivity index (χ4v) is 5.84.